The fourth-order valence-corrected chi connectivity index (χ4v) is 4.92. The number of aromatic carboxylic acids is 1. The van der Waals surface area contributed by atoms with Crippen LogP contribution < -0.4 is 9.62 Å². The van der Waals surface area contributed by atoms with E-state index < -0.39 is 11.7 Å². The maximum Gasteiger partial charge on any atom is 0.339 e. The molecule has 0 aliphatic carbocycles. The van der Waals surface area contributed by atoms with E-state index in [4.69, 9.17) is 14.5 Å². The van der Waals surface area contributed by atoms with E-state index in [9.17, 15) is 15.0 Å². The Morgan fingerprint density at radius 2 is 1.08 bits per heavy atom. The van der Waals surface area contributed by atoms with Crippen molar-refractivity contribution >= 4 is 5.97 Å². The molecule has 0 amide bonds. The Balaban J connectivity index is 3.08. The molecule has 0 saturated heterocycles. The number of unbranched alkanes of at least 4 members (excludes halogenated alkanes) is 14. The fourth-order valence-electron chi connectivity index (χ4n) is 4.92. The zero-order chi connectivity index (χ0) is 27.3. The molecule has 0 spiro atoms. The molecule has 1 aromatic rings. The molecule has 0 atom stereocenters. The molecule has 0 heterocycles. The van der Waals surface area contributed by atoms with Gasteiger partial charge in [0.1, 0.15) is 5.56 Å². The standard InChI is InChI=1S/C31H54O6/c1-5-9-11-13-15-17-19-21-23-25-26(24-22-20-18-16-14-12-10-6-2)29(35-7-3)30(37-36-8-4)28(32)27(25)31(33)34/h32H,5-24H2,1-4H3,(H,33,34). The molecule has 0 bridgehead atoms. The van der Waals surface area contributed by atoms with Crippen LogP contribution in [0.5, 0.6) is 17.2 Å². The zero-order valence-corrected chi connectivity index (χ0v) is 24.2. The van der Waals surface area contributed by atoms with Crippen molar-refractivity contribution in [1.29, 1.82) is 0 Å². The molecule has 0 saturated carbocycles. The Hall–Kier alpha value is -1.95. The van der Waals surface area contributed by atoms with Gasteiger partial charge in [-0.1, -0.05) is 104 Å². The molecule has 2 N–H and O–H groups in total. The molecular formula is C31H54O6. The summed E-state index contributed by atoms with van der Waals surface area (Å²) in [5.41, 5.74) is 1.46. The molecule has 0 radical (unpaired) electrons. The average Bonchev–Trinajstić information content (AvgIpc) is 2.88. The molecule has 0 aliphatic rings. The Bertz CT molecular complexity index is 746. The summed E-state index contributed by atoms with van der Waals surface area (Å²) in [5, 5.41) is 21.0. The third-order valence-electron chi connectivity index (χ3n) is 6.92. The van der Waals surface area contributed by atoms with Crippen LogP contribution >= 0.6 is 0 Å². The van der Waals surface area contributed by atoms with Gasteiger partial charge in [-0.15, -0.1) is 0 Å². The van der Waals surface area contributed by atoms with Crippen LogP contribution in [0.25, 0.3) is 0 Å². The van der Waals surface area contributed by atoms with Crippen molar-refractivity contribution in [3.05, 3.63) is 16.7 Å². The van der Waals surface area contributed by atoms with Crippen LogP contribution in [-0.2, 0) is 17.7 Å². The van der Waals surface area contributed by atoms with Crippen molar-refractivity contribution in [2.45, 2.75) is 143 Å². The third-order valence-corrected chi connectivity index (χ3v) is 6.92. The first-order chi connectivity index (χ1) is 18.0. The summed E-state index contributed by atoms with van der Waals surface area (Å²) in [6, 6.07) is 0. The highest BCUT2D eigenvalue weighted by atomic mass is 17.2. The van der Waals surface area contributed by atoms with Gasteiger partial charge in [-0.25, -0.2) is 4.79 Å². The monoisotopic (exact) mass is 522 g/mol. The fraction of sp³-hybridized carbons (Fsp3) is 0.774. The summed E-state index contributed by atoms with van der Waals surface area (Å²) in [7, 11) is 0. The smallest absolute Gasteiger partial charge is 0.339 e. The van der Waals surface area contributed by atoms with Crippen LogP contribution in [0.2, 0.25) is 0 Å². The van der Waals surface area contributed by atoms with E-state index in [0.29, 0.717) is 30.8 Å². The maximum absolute atomic E-state index is 12.3. The van der Waals surface area contributed by atoms with Gasteiger partial charge in [0.05, 0.1) is 13.2 Å². The summed E-state index contributed by atoms with van der Waals surface area (Å²) in [4.78, 5) is 22.8. The lowest BCUT2D eigenvalue weighted by Crippen LogP contribution is -2.12. The number of carboxylic acids is 1. The van der Waals surface area contributed by atoms with Crippen molar-refractivity contribution in [2.75, 3.05) is 13.2 Å². The SMILES string of the molecule is CCCCCCCCCCc1c(CCCCCCCCCC)c(C(=O)O)c(O)c(OOCC)c1OCC. The molecule has 0 aliphatic heterocycles. The minimum absolute atomic E-state index is 0.0182. The van der Waals surface area contributed by atoms with Crippen LogP contribution in [0.15, 0.2) is 0 Å². The van der Waals surface area contributed by atoms with Gasteiger partial charge in [0.15, 0.2) is 11.5 Å². The maximum atomic E-state index is 12.3. The second kappa shape index (κ2) is 21.0. The Morgan fingerprint density at radius 3 is 1.51 bits per heavy atom. The minimum Gasteiger partial charge on any atom is -0.503 e. The Labute approximate surface area is 226 Å². The van der Waals surface area contributed by atoms with Crippen LogP contribution in [0, 0.1) is 0 Å². The zero-order valence-electron chi connectivity index (χ0n) is 24.2. The van der Waals surface area contributed by atoms with E-state index in [1.54, 1.807) is 6.92 Å². The van der Waals surface area contributed by atoms with E-state index in [1.165, 1.54) is 70.6 Å². The number of carboxylic acid groups (broad SMARTS) is 1. The quantitative estimate of drug-likeness (QED) is 0.0799. The largest absolute Gasteiger partial charge is 0.503 e. The molecule has 1 rings (SSSR count). The highest BCUT2D eigenvalue weighted by molar-refractivity contribution is 5.95. The number of rotatable bonds is 24. The molecule has 37 heavy (non-hydrogen) atoms. The minimum atomic E-state index is -1.14. The van der Waals surface area contributed by atoms with Crippen molar-refractivity contribution in [3.63, 3.8) is 0 Å². The van der Waals surface area contributed by atoms with E-state index in [0.717, 1.165) is 37.7 Å². The molecule has 214 valence electrons. The van der Waals surface area contributed by atoms with Gasteiger partial charge in [0, 0.05) is 5.56 Å². The number of benzene rings is 1. The lowest BCUT2D eigenvalue weighted by atomic mass is 9.90. The van der Waals surface area contributed by atoms with E-state index in [-0.39, 0.29) is 17.9 Å². The normalized spacial score (nSPS) is 11.1. The summed E-state index contributed by atoms with van der Waals surface area (Å²) in [6.45, 7) is 8.75. The van der Waals surface area contributed by atoms with Gasteiger partial charge < -0.3 is 19.8 Å². The van der Waals surface area contributed by atoms with Gasteiger partial charge in [-0.2, -0.15) is 4.89 Å². The first-order valence-electron chi connectivity index (χ1n) is 15.1. The van der Waals surface area contributed by atoms with E-state index in [1.807, 2.05) is 6.92 Å². The average molecular weight is 523 g/mol. The number of hydrogen-bond acceptors (Lipinski definition) is 5. The van der Waals surface area contributed by atoms with Crippen molar-refractivity contribution < 1.29 is 29.5 Å². The van der Waals surface area contributed by atoms with Gasteiger partial charge in [0.25, 0.3) is 0 Å². The number of phenols is 1. The summed E-state index contributed by atoms with van der Waals surface area (Å²) < 4.78 is 5.97. The van der Waals surface area contributed by atoms with Gasteiger partial charge in [-0.05, 0) is 45.1 Å². The van der Waals surface area contributed by atoms with Crippen molar-refractivity contribution in [1.82, 2.24) is 0 Å². The molecule has 6 heteroatoms. The number of ether oxygens (including phenoxy) is 1. The van der Waals surface area contributed by atoms with Gasteiger partial charge in [-0.3, -0.25) is 0 Å². The molecule has 1 aromatic carbocycles. The first kappa shape index (κ1) is 33.1. The van der Waals surface area contributed by atoms with Crippen molar-refractivity contribution in [2.24, 2.45) is 0 Å². The summed E-state index contributed by atoms with van der Waals surface area (Å²) >= 11 is 0. The molecule has 0 aromatic heterocycles. The van der Waals surface area contributed by atoms with E-state index in [2.05, 4.69) is 13.8 Å². The second-order valence-corrected chi connectivity index (χ2v) is 10.0. The molecule has 0 unspecified atom stereocenters. The predicted molar refractivity (Wildman–Crippen MR) is 151 cm³/mol. The highest BCUT2D eigenvalue weighted by Gasteiger charge is 2.30. The summed E-state index contributed by atoms with van der Waals surface area (Å²) in [5.74, 6) is -1.14. The van der Waals surface area contributed by atoms with Crippen molar-refractivity contribution in [3.8, 4) is 17.2 Å². The third kappa shape index (κ3) is 12.4. The van der Waals surface area contributed by atoms with Crippen LogP contribution in [0.3, 0.4) is 0 Å². The van der Waals surface area contributed by atoms with Crippen LogP contribution in [0.1, 0.15) is 152 Å². The lowest BCUT2D eigenvalue weighted by Gasteiger charge is -2.22. The lowest BCUT2D eigenvalue weighted by molar-refractivity contribution is -0.204. The molecule has 0 fully saturated rings. The van der Waals surface area contributed by atoms with Gasteiger partial charge in [0.2, 0.25) is 5.75 Å². The Kier molecular flexibility index (Phi) is 18.8. The molecular weight excluding hydrogens is 468 g/mol. The topological polar surface area (TPSA) is 85.2 Å². The predicted octanol–water partition coefficient (Wildman–Crippen LogP) is 9.19. The molecule has 6 nitrogen and oxygen atoms in total. The van der Waals surface area contributed by atoms with E-state index >= 15 is 0 Å². The second-order valence-electron chi connectivity index (χ2n) is 10.0. The Morgan fingerprint density at radius 1 is 0.622 bits per heavy atom. The number of hydrogen-bond donors (Lipinski definition) is 2. The first-order valence-corrected chi connectivity index (χ1v) is 15.1. The summed E-state index contributed by atoms with van der Waals surface area (Å²) in [6.07, 6.45) is 20.2. The van der Waals surface area contributed by atoms with Crippen LogP contribution in [-0.4, -0.2) is 29.4 Å². The highest BCUT2D eigenvalue weighted by Crippen LogP contribution is 2.46. The van der Waals surface area contributed by atoms with Crippen LogP contribution in [0.4, 0.5) is 0 Å². The van der Waals surface area contributed by atoms with Gasteiger partial charge >= 0.3 is 5.97 Å². The number of aromatic hydroxyl groups is 1. The number of carbonyl (C=O) groups is 1.